The largest absolute Gasteiger partial charge is 0.388 e. The van der Waals surface area contributed by atoms with Crippen LogP contribution in [0.1, 0.15) is 58.3 Å². The first-order chi connectivity index (χ1) is 10.9. The number of carbonyl (C=O) groups is 1. The average Bonchev–Trinajstić information content (AvgIpc) is 2.97. The lowest BCUT2D eigenvalue weighted by molar-refractivity contribution is -0.242. The Hall–Kier alpha value is -0.450. The van der Waals surface area contributed by atoms with Crippen molar-refractivity contribution in [1.82, 2.24) is 0 Å². The lowest BCUT2D eigenvalue weighted by atomic mass is 9.45. The third-order valence-electron chi connectivity index (χ3n) is 8.61. The summed E-state index contributed by atoms with van der Waals surface area (Å²) in [6.07, 6.45) is 6.71. The molecule has 8 atom stereocenters. The maximum absolute atomic E-state index is 12.1. The molecule has 2 bridgehead atoms. The minimum Gasteiger partial charge on any atom is -0.388 e. The third kappa shape index (κ3) is 1.75. The molecule has 5 fully saturated rings. The molecule has 0 amide bonds. The monoisotopic (exact) mass is 320 g/mol. The van der Waals surface area contributed by atoms with Gasteiger partial charge in [-0.3, -0.25) is 4.79 Å². The van der Waals surface area contributed by atoms with Crippen molar-refractivity contribution in [2.75, 3.05) is 6.61 Å². The van der Waals surface area contributed by atoms with Crippen LogP contribution in [0.4, 0.5) is 0 Å². The molecule has 128 valence electrons. The minimum absolute atomic E-state index is 0.0455. The molecule has 4 saturated carbocycles. The highest BCUT2D eigenvalue weighted by Gasteiger charge is 2.68. The Morgan fingerprint density at radius 1 is 1.22 bits per heavy atom. The molecule has 0 unspecified atom stereocenters. The summed E-state index contributed by atoms with van der Waals surface area (Å²) in [5.74, 6) is 1.32. The lowest BCUT2D eigenvalue weighted by Gasteiger charge is -2.59. The molecule has 5 aliphatic rings. The van der Waals surface area contributed by atoms with Gasteiger partial charge in [0.05, 0.1) is 6.61 Å². The zero-order valence-corrected chi connectivity index (χ0v) is 14.0. The standard InChI is InChI=1S/C19H28O4/c1-17-5-4-14-13(15(17)7-12(20)8-17)3-2-11-6-16(21)19(22)9-18(11,14)10-23-19/h11,13-16,21-22H,2-10H2,1H3/t11-,13+,14-,15-,16-,17+,18+,19-/m0/s1. The molecule has 1 heterocycles. The van der Waals surface area contributed by atoms with E-state index in [9.17, 15) is 15.0 Å². The molecule has 4 nitrogen and oxygen atoms in total. The van der Waals surface area contributed by atoms with Crippen molar-refractivity contribution in [3.8, 4) is 0 Å². The van der Waals surface area contributed by atoms with Crippen LogP contribution in [0, 0.1) is 34.5 Å². The van der Waals surface area contributed by atoms with Crippen molar-refractivity contribution in [2.24, 2.45) is 34.5 Å². The van der Waals surface area contributed by atoms with E-state index in [0.29, 0.717) is 48.9 Å². The van der Waals surface area contributed by atoms with Gasteiger partial charge in [-0.05, 0) is 61.2 Å². The van der Waals surface area contributed by atoms with Gasteiger partial charge in [-0.2, -0.15) is 0 Å². The second-order valence-electron chi connectivity index (χ2n) is 9.56. The predicted molar refractivity (Wildman–Crippen MR) is 83.4 cm³/mol. The van der Waals surface area contributed by atoms with Crippen LogP contribution in [0.15, 0.2) is 0 Å². The van der Waals surface area contributed by atoms with Crippen molar-refractivity contribution in [3.63, 3.8) is 0 Å². The molecule has 1 spiro atoms. The van der Waals surface area contributed by atoms with E-state index in [0.717, 1.165) is 32.1 Å². The number of rotatable bonds is 0. The summed E-state index contributed by atoms with van der Waals surface area (Å²) in [6.45, 7) is 2.93. The molecule has 0 aromatic heterocycles. The van der Waals surface area contributed by atoms with Gasteiger partial charge in [0, 0.05) is 24.7 Å². The predicted octanol–water partition coefficient (Wildman–Crippen LogP) is 2.27. The van der Waals surface area contributed by atoms with Crippen LogP contribution in [-0.4, -0.2) is 34.5 Å². The lowest BCUT2D eigenvalue weighted by Crippen LogP contribution is -2.57. The van der Waals surface area contributed by atoms with Crippen LogP contribution >= 0.6 is 0 Å². The maximum atomic E-state index is 12.1. The Kier molecular flexibility index (Phi) is 2.83. The smallest absolute Gasteiger partial charge is 0.192 e. The number of Topliss-reactive ketones (excluding diaryl/α,β-unsaturated/α-hetero) is 1. The first kappa shape index (κ1) is 14.9. The van der Waals surface area contributed by atoms with Gasteiger partial charge in [0.2, 0.25) is 0 Å². The van der Waals surface area contributed by atoms with E-state index in [1.165, 1.54) is 6.42 Å². The Balaban J connectivity index is 1.51. The van der Waals surface area contributed by atoms with Crippen LogP contribution in [0.3, 0.4) is 0 Å². The summed E-state index contributed by atoms with van der Waals surface area (Å²) in [5.41, 5.74) is 0.259. The highest BCUT2D eigenvalue weighted by atomic mass is 16.6. The van der Waals surface area contributed by atoms with Crippen LogP contribution in [0.25, 0.3) is 0 Å². The summed E-state index contributed by atoms with van der Waals surface area (Å²) >= 11 is 0. The number of hydrogen-bond donors (Lipinski definition) is 2. The Morgan fingerprint density at radius 3 is 2.87 bits per heavy atom. The van der Waals surface area contributed by atoms with Crippen LogP contribution in [0.5, 0.6) is 0 Å². The molecular weight excluding hydrogens is 292 g/mol. The fourth-order valence-electron chi connectivity index (χ4n) is 7.52. The molecule has 1 saturated heterocycles. The summed E-state index contributed by atoms with van der Waals surface area (Å²) in [7, 11) is 0. The zero-order chi connectivity index (χ0) is 16.0. The first-order valence-electron chi connectivity index (χ1n) is 9.42. The van der Waals surface area contributed by atoms with Gasteiger partial charge in [-0.25, -0.2) is 0 Å². The van der Waals surface area contributed by atoms with Gasteiger partial charge in [0.25, 0.3) is 0 Å². The maximum Gasteiger partial charge on any atom is 0.192 e. The first-order valence-corrected chi connectivity index (χ1v) is 9.42. The second kappa shape index (κ2) is 4.39. The van der Waals surface area contributed by atoms with Gasteiger partial charge in [-0.1, -0.05) is 6.92 Å². The third-order valence-corrected chi connectivity index (χ3v) is 8.61. The molecule has 23 heavy (non-hydrogen) atoms. The fourth-order valence-corrected chi connectivity index (χ4v) is 7.52. The topological polar surface area (TPSA) is 66.8 Å². The molecule has 0 aromatic carbocycles. The summed E-state index contributed by atoms with van der Waals surface area (Å²) in [5, 5.41) is 21.0. The van der Waals surface area contributed by atoms with Crippen LogP contribution < -0.4 is 0 Å². The van der Waals surface area contributed by atoms with Crippen molar-refractivity contribution in [3.05, 3.63) is 0 Å². The summed E-state index contributed by atoms with van der Waals surface area (Å²) < 4.78 is 5.78. The van der Waals surface area contributed by atoms with E-state index in [1.54, 1.807) is 0 Å². The van der Waals surface area contributed by atoms with E-state index < -0.39 is 11.9 Å². The molecule has 0 radical (unpaired) electrons. The van der Waals surface area contributed by atoms with E-state index >= 15 is 0 Å². The quantitative estimate of drug-likeness (QED) is 0.718. The number of ether oxygens (including phenoxy) is 1. The molecule has 5 rings (SSSR count). The molecule has 1 aliphatic heterocycles. The molecule has 0 aromatic rings. The summed E-state index contributed by atoms with van der Waals surface area (Å²) in [6, 6.07) is 0. The van der Waals surface area contributed by atoms with Gasteiger partial charge in [-0.15, -0.1) is 0 Å². The van der Waals surface area contributed by atoms with Crippen molar-refractivity contribution in [1.29, 1.82) is 0 Å². The number of hydrogen-bond acceptors (Lipinski definition) is 4. The number of fused-ring (bicyclic) bond motifs is 4. The van der Waals surface area contributed by atoms with E-state index in [-0.39, 0.29) is 10.8 Å². The number of ketones is 1. The highest BCUT2D eigenvalue weighted by Crippen LogP contribution is 2.68. The molecular formula is C19H28O4. The number of aliphatic hydroxyl groups excluding tert-OH is 1. The van der Waals surface area contributed by atoms with E-state index in [2.05, 4.69) is 6.92 Å². The average molecular weight is 320 g/mol. The van der Waals surface area contributed by atoms with Gasteiger partial charge < -0.3 is 14.9 Å². The van der Waals surface area contributed by atoms with Gasteiger partial charge in [0.15, 0.2) is 5.79 Å². The highest BCUT2D eigenvalue weighted by molar-refractivity contribution is 5.82. The SMILES string of the molecule is C[C@]12CC[C@H]3[C@@H](CC[C@H]4C[C@H](O)[C@]5(O)C[C@@]43CO5)[C@@H]1CC(=O)C2. The van der Waals surface area contributed by atoms with Crippen molar-refractivity contribution < 1.29 is 19.7 Å². The zero-order valence-electron chi connectivity index (χ0n) is 14.0. The van der Waals surface area contributed by atoms with Crippen LogP contribution in [-0.2, 0) is 9.53 Å². The van der Waals surface area contributed by atoms with Gasteiger partial charge >= 0.3 is 0 Å². The normalized spacial score (nSPS) is 61.0. The molecule has 4 aliphatic carbocycles. The Bertz CT molecular complexity index is 562. The minimum atomic E-state index is -1.31. The Labute approximate surface area is 137 Å². The van der Waals surface area contributed by atoms with E-state index in [1.807, 2.05) is 0 Å². The van der Waals surface area contributed by atoms with Crippen molar-refractivity contribution in [2.45, 2.75) is 70.2 Å². The van der Waals surface area contributed by atoms with E-state index in [4.69, 9.17) is 4.74 Å². The molecule has 2 N–H and O–H groups in total. The summed E-state index contributed by atoms with van der Waals surface area (Å²) in [4.78, 5) is 12.1. The van der Waals surface area contributed by atoms with Gasteiger partial charge in [0.1, 0.15) is 11.9 Å². The Morgan fingerprint density at radius 2 is 2.04 bits per heavy atom. The van der Waals surface area contributed by atoms with Crippen LogP contribution in [0.2, 0.25) is 0 Å². The van der Waals surface area contributed by atoms with Crippen molar-refractivity contribution >= 4 is 5.78 Å². The number of carbonyl (C=O) groups excluding carboxylic acids is 1. The molecule has 4 heteroatoms. The fraction of sp³-hybridized carbons (Fsp3) is 0.947. The second-order valence-corrected chi connectivity index (χ2v) is 9.56. The number of aliphatic hydroxyl groups is 2.